The van der Waals surface area contributed by atoms with Crippen LogP contribution in [0.1, 0.15) is 33.5 Å². The number of piperazine rings is 1. The van der Waals surface area contributed by atoms with Crippen molar-refractivity contribution in [2.75, 3.05) is 50.1 Å². The standard InChI is InChI=1S/C22H26N6O3/c1-14(28-21(30)16-7-5-6-8-17(16)22(28)31)20(29)27-11-9-26(10-12-27)19-13-18(25(3)4)23-15(2)24-19/h5-8,13-14H,9-12H2,1-4H3. The molecule has 9 heteroatoms. The number of aromatic nitrogens is 2. The van der Waals surface area contributed by atoms with E-state index in [1.54, 1.807) is 36.1 Å². The number of amides is 3. The van der Waals surface area contributed by atoms with Crippen molar-refractivity contribution >= 4 is 29.4 Å². The van der Waals surface area contributed by atoms with E-state index in [0.29, 0.717) is 43.1 Å². The second-order valence-electron chi connectivity index (χ2n) is 8.04. The molecule has 3 heterocycles. The van der Waals surface area contributed by atoms with Gasteiger partial charge >= 0.3 is 0 Å². The average Bonchev–Trinajstić information content (AvgIpc) is 3.02. The maximum atomic E-state index is 13.1. The van der Waals surface area contributed by atoms with Crippen LogP contribution in [0.15, 0.2) is 30.3 Å². The summed E-state index contributed by atoms with van der Waals surface area (Å²) in [6.45, 7) is 5.70. The fourth-order valence-corrected chi connectivity index (χ4v) is 4.02. The van der Waals surface area contributed by atoms with Gasteiger partial charge in [0.15, 0.2) is 0 Å². The zero-order chi connectivity index (χ0) is 22.3. The molecule has 1 unspecified atom stereocenters. The van der Waals surface area contributed by atoms with Crippen molar-refractivity contribution < 1.29 is 14.4 Å². The highest BCUT2D eigenvalue weighted by Crippen LogP contribution is 2.26. The van der Waals surface area contributed by atoms with Gasteiger partial charge in [0.05, 0.1) is 11.1 Å². The maximum absolute atomic E-state index is 13.1. The number of anilines is 2. The summed E-state index contributed by atoms with van der Waals surface area (Å²) in [5.74, 6) is 1.32. The van der Waals surface area contributed by atoms with Gasteiger partial charge in [0.2, 0.25) is 5.91 Å². The largest absolute Gasteiger partial charge is 0.363 e. The molecule has 2 aliphatic heterocycles. The van der Waals surface area contributed by atoms with E-state index in [9.17, 15) is 14.4 Å². The van der Waals surface area contributed by atoms with Crippen molar-refractivity contribution in [3.05, 3.63) is 47.3 Å². The van der Waals surface area contributed by atoms with Gasteiger partial charge in [0.25, 0.3) is 11.8 Å². The smallest absolute Gasteiger partial charge is 0.262 e. The Morgan fingerprint density at radius 2 is 1.58 bits per heavy atom. The highest BCUT2D eigenvalue weighted by atomic mass is 16.2. The fraction of sp³-hybridized carbons (Fsp3) is 0.409. The highest BCUT2D eigenvalue weighted by Gasteiger charge is 2.42. The number of hydrogen-bond donors (Lipinski definition) is 0. The van der Waals surface area contributed by atoms with Crippen molar-refractivity contribution in [1.29, 1.82) is 0 Å². The van der Waals surface area contributed by atoms with Crippen molar-refractivity contribution in [2.24, 2.45) is 0 Å². The third-order valence-electron chi connectivity index (χ3n) is 5.75. The molecule has 162 valence electrons. The number of rotatable bonds is 4. The SMILES string of the molecule is Cc1nc(N(C)C)cc(N2CCN(C(=O)C(C)N3C(=O)c4ccccc4C3=O)CC2)n1. The minimum atomic E-state index is -0.847. The summed E-state index contributed by atoms with van der Waals surface area (Å²) in [4.78, 5) is 54.3. The second kappa shape index (κ2) is 7.98. The molecular weight excluding hydrogens is 396 g/mol. The molecule has 1 saturated heterocycles. The first-order chi connectivity index (χ1) is 14.8. The molecule has 2 aliphatic rings. The van der Waals surface area contributed by atoms with Gasteiger partial charge in [0.1, 0.15) is 23.5 Å². The van der Waals surface area contributed by atoms with E-state index in [4.69, 9.17) is 0 Å². The van der Waals surface area contributed by atoms with E-state index >= 15 is 0 Å². The summed E-state index contributed by atoms with van der Waals surface area (Å²) in [5, 5.41) is 0. The van der Waals surface area contributed by atoms with Gasteiger partial charge in [-0.2, -0.15) is 0 Å². The molecule has 0 saturated carbocycles. The minimum Gasteiger partial charge on any atom is -0.363 e. The van der Waals surface area contributed by atoms with Crippen molar-refractivity contribution in [3.8, 4) is 0 Å². The molecule has 2 aromatic rings. The lowest BCUT2D eigenvalue weighted by molar-refractivity contribution is -0.135. The van der Waals surface area contributed by atoms with Crippen LogP contribution in [0.3, 0.4) is 0 Å². The molecule has 0 bridgehead atoms. The third kappa shape index (κ3) is 3.71. The Bertz CT molecular complexity index is 1010. The Labute approximate surface area is 181 Å². The molecule has 0 spiro atoms. The zero-order valence-corrected chi connectivity index (χ0v) is 18.2. The summed E-state index contributed by atoms with van der Waals surface area (Å²) >= 11 is 0. The second-order valence-corrected chi connectivity index (χ2v) is 8.04. The number of nitrogens with zero attached hydrogens (tertiary/aromatic N) is 6. The summed E-state index contributed by atoms with van der Waals surface area (Å²) in [6, 6.07) is 7.77. The quantitative estimate of drug-likeness (QED) is 0.684. The van der Waals surface area contributed by atoms with Gasteiger partial charge in [-0.3, -0.25) is 19.3 Å². The van der Waals surface area contributed by atoms with Crippen molar-refractivity contribution in [3.63, 3.8) is 0 Å². The van der Waals surface area contributed by atoms with Crippen LogP contribution in [0, 0.1) is 6.92 Å². The molecule has 0 aliphatic carbocycles. The van der Waals surface area contributed by atoms with Gasteiger partial charge in [-0.15, -0.1) is 0 Å². The Hall–Kier alpha value is -3.49. The molecule has 3 amide bonds. The minimum absolute atomic E-state index is 0.220. The van der Waals surface area contributed by atoms with Crippen molar-refractivity contribution in [2.45, 2.75) is 19.9 Å². The number of carbonyl (C=O) groups excluding carboxylic acids is 3. The van der Waals surface area contributed by atoms with Crippen LogP contribution in [-0.4, -0.2) is 83.8 Å². The molecule has 1 atom stereocenters. The van der Waals surface area contributed by atoms with E-state index in [-0.39, 0.29) is 5.91 Å². The van der Waals surface area contributed by atoms with Crippen LogP contribution < -0.4 is 9.80 Å². The van der Waals surface area contributed by atoms with E-state index in [2.05, 4.69) is 14.9 Å². The molecule has 9 nitrogen and oxygen atoms in total. The molecule has 0 N–H and O–H groups in total. The summed E-state index contributed by atoms with van der Waals surface area (Å²) in [5.41, 5.74) is 0.709. The number of carbonyl (C=O) groups is 3. The summed E-state index contributed by atoms with van der Waals surface area (Å²) in [7, 11) is 3.87. The van der Waals surface area contributed by atoms with Crippen LogP contribution in [0.2, 0.25) is 0 Å². The van der Waals surface area contributed by atoms with Crippen LogP contribution in [0.4, 0.5) is 11.6 Å². The van der Waals surface area contributed by atoms with E-state index < -0.39 is 17.9 Å². The Kier molecular flexibility index (Phi) is 5.34. The Morgan fingerprint density at radius 3 is 2.13 bits per heavy atom. The fourth-order valence-electron chi connectivity index (χ4n) is 4.02. The summed E-state index contributed by atoms with van der Waals surface area (Å²) < 4.78 is 0. The number of aryl methyl sites for hydroxylation is 1. The first-order valence-corrected chi connectivity index (χ1v) is 10.3. The highest BCUT2D eigenvalue weighted by molar-refractivity contribution is 6.22. The third-order valence-corrected chi connectivity index (χ3v) is 5.75. The first kappa shape index (κ1) is 20.8. The predicted molar refractivity (Wildman–Crippen MR) is 116 cm³/mol. The van der Waals surface area contributed by atoms with E-state index in [0.717, 1.165) is 16.5 Å². The lowest BCUT2D eigenvalue weighted by Gasteiger charge is -2.37. The van der Waals surface area contributed by atoms with Crippen LogP contribution in [-0.2, 0) is 4.79 Å². The number of benzene rings is 1. The molecule has 1 aromatic carbocycles. The molecular formula is C22H26N6O3. The lowest BCUT2D eigenvalue weighted by atomic mass is 10.1. The van der Waals surface area contributed by atoms with E-state index in [1.165, 1.54) is 0 Å². The van der Waals surface area contributed by atoms with Crippen LogP contribution in [0.5, 0.6) is 0 Å². The molecule has 1 fully saturated rings. The van der Waals surface area contributed by atoms with E-state index in [1.807, 2.05) is 32.0 Å². The topological polar surface area (TPSA) is 90.0 Å². The molecule has 1 aromatic heterocycles. The Balaban J connectivity index is 1.43. The maximum Gasteiger partial charge on any atom is 0.262 e. The number of hydrogen-bond acceptors (Lipinski definition) is 7. The molecule has 0 radical (unpaired) electrons. The van der Waals surface area contributed by atoms with Crippen LogP contribution >= 0.6 is 0 Å². The molecule has 4 rings (SSSR count). The number of imide groups is 1. The van der Waals surface area contributed by atoms with Gasteiger partial charge in [0, 0.05) is 46.3 Å². The normalized spacial score (nSPS) is 17.1. The lowest BCUT2D eigenvalue weighted by Crippen LogP contribution is -2.55. The number of fused-ring (bicyclic) bond motifs is 1. The van der Waals surface area contributed by atoms with Crippen LogP contribution in [0.25, 0.3) is 0 Å². The van der Waals surface area contributed by atoms with Gasteiger partial charge in [-0.1, -0.05) is 12.1 Å². The van der Waals surface area contributed by atoms with Gasteiger partial charge < -0.3 is 14.7 Å². The molecule has 31 heavy (non-hydrogen) atoms. The van der Waals surface area contributed by atoms with Gasteiger partial charge in [-0.25, -0.2) is 9.97 Å². The van der Waals surface area contributed by atoms with Gasteiger partial charge in [-0.05, 0) is 26.0 Å². The van der Waals surface area contributed by atoms with Crippen molar-refractivity contribution in [1.82, 2.24) is 19.8 Å². The average molecular weight is 422 g/mol. The summed E-state index contributed by atoms with van der Waals surface area (Å²) in [6.07, 6.45) is 0. The first-order valence-electron chi connectivity index (χ1n) is 10.3. The Morgan fingerprint density at radius 1 is 1.00 bits per heavy atom. The zero-order valence-electron chi connectivity index (χ0n) is 18.2. The predicted octanol–water partition coefficient (Wildman–Crippen LogP) is 1.18. The monoisotopic (exact) mass is 422 g/mol.